The molecule has 9 heteroatoms. The fraction of sp³-hybridized carbons (Fsp3) is 0.500. The Bertz CT molecular complexity index is 866. The van der Waals surface area contributed by atoms with Gasteiger partial charge in [-0.2, -0.15) is 0 Å². The summed E-state index contributed by atoms with van der Waals surface area (Å²) in [5.41, 5.74) is 0.469. The molecule has 0 heterocycles. The maximum absolute atomic E-state index is 12.1. The lowest BCUT2D eigenvalue weighted by Crippen LogP contribution is -2.42. The number of carbonyl (C=O) groups excluding carboxylic acids is 2. The van der Waals surface area contributed by atoms with Crippen LogP contribution in [0.1, 0.15) is 38.2 Å². The number of hydrogen-bond acceptors (Lipinski definition) is 6. The van der Waals surface area contributed by atoms with E-state index in [9.17, 15) is 18.0 Å². The van der Waals surface area contributed by atoms with Crippen molar-refractivity contribution in [1.29, 1.82) is 0 Å². The quantitative estimate of drug-likeness (QED) is 0.487. The van der Waals surface area contributed by atoms with Crippen LogP contribution in [0.5, 0.6) is 5.75 Å². The van der Waals surface area contributed by atoms with Crippen molar-refractivity contribution in [2.45, 2.75) is 43.5 Å². The van der Waals surface area contributed by atoms with E-state index in [-0.39, 0.29) is 29.2 Å². The predicted molar refractivity (Wildman–Crippen MR) is 109 cm³/mol. The van der Waals surface area contributed by atoms with Gasteiger partial charge in [0.05, 0.1) is 7.11 Å². The molecule has 1 fully saturated rings. The zero-order valence-electron chi connectivity index (χ0n) is 16.9. The van der Waals surface area contributed by atoms with Crippen LogP contribution >= 0.6 is 0 Å². The summed E-state index contributed by atoms with van der Waals surface area (Å²) in [5, 5.41) is 2.91. The second-order valence-electron chi connectivity index (χ2n) is 6.99. The highest BCUT2D eigenvalue weighted by molar-refractivity contribution is 7.89. The Morgan fingerprint density at radius 3 is 2.62 bits per heavy atom. The van der Waals surface area contributed by atoms with E-state index < -0.39 is 16.0 Å². The Morgan fingerprint density at radius 1 is 1.24 bits per heavy atom. The fourth-order valence-corrected chi connectivity index (χ4v) is 4.17. The third-order valence-corrected chi connectivity index (χ3v) is 6.40. The Morgan fingerprint density at radius 2 is 1.97 bits per heavy atom. The molecule has 1 aliphatic rings. The molecule has 0 aromatic heterocycles. The second kappa shape index (κ2) is 10.4. The van der Waals surface area contributed by atoms with Gasteiger partial charge < -0.3 is 14.8 Å². The van der Waals surface area contributed by atoms with Gasteiger partial charge in [0.25, 0.3) is 5.91 Å². The number of nitrogens with one attached hydrogen (secondary N) is 2. The summed E-state index contributed by atoms with van der Waals surface area (Å²) in [4.78, 5) is 23.8. The van der Waals surface area contributed by atoms with Crippen LogP contribution in [-0.4, -0.2) is 47.1 Å². The molecule has 160 valence electrons. The van der Waals surface area contributed by atoms with Gasteiger partial charge in [-0.05, 0) is 49.6 Å². The highest BCUT2D eigenvalue weighted by Gasteiger charge is 2.23. The molecule has 0 saturated heterocycles. The highest BCUT2D eigenvalue weighted by atomic mass is 32.2. The minimum Gasteiger partial charge on any atom is -0.495 e. The molecule has 0 radical (unpaired) electrons. The molecule has 0 aliphatic heterocycles. The molecule has 8 nitrogen and oxygen atoms in total. The van der Waals surface area contributed by atoms with Crippen molar-refractivity contribution in [2.75, 3.05) is 20.8 Å². The summed E-state index contributed by atoms with van der Waals surface area (Å²) < 4.78 is 36.4. The lowest BCUT2D eigenvalue weighted by atomic mass is 9.86. The topological polar surface area (TPSA) is 111 Å². The number of ether oxygens (including phenoxy) is 2. The minimum atomic E-state index is -3.72. The standard InChI is InChI=1S/C20H28N2O6S/c1-14-6-4-5-7-16(14)22-19(23)13-28-20(24)11-9-15-8-10-17(27-3)18(12-15)29(25,26)21-2/h8-12,14,16,21H,4-7,13H2,1-3H3,(H,22,23)/b11-9+/t14-,16-/m1/s1. The minimum absolute atomic E-state index is 0.0426. The van der Waals surface area contributed by atoms with E-state index in [1.807, 2.05) is 0 Å². The summed E-state index contributed by atoms with van der Waals surface area (Å²) in [7, 11) is -1.05. The normalized spacial score (nSPS) is 19.7. The second-order valence-corrected chi connectivity index (χ2v) is 8.85. The number of esters is 1. The number of carbonyl (C=O) groups is 2. The van der Waals surface area contributed by atoms with E-state index in [2.05, 4.69) is 17.0 Å². The van der Waals surface area contributed by atoms with Crippen LogP contribution in [0.4, 0.5) is 0 Å². The third-order valence-electron chi connectivity index (χ3n) is 4.96. The molecular formula is C20H28N2O6S. The van der Waals surface area contributed by atoms with Crippen molar-refractivity contribution in [3.8, 4) is 5.75 Å². The van der Waals surface area contributed by atoms with Crippen LogP contribution in [0.3, 0.4) is 0 Å². The van der Waals surface area contributed by atoms with E-state index in [0.29, 0.717) is 11.5 Å². The Labute approximate surface area is 171 Å². The van der Waals surface area contributed by atoms with Gasteiger partial charge in [-0.15, -0.1) is 0 Å². The largest absolute Gasteiger partial charge is 0.495 e. The van der Waals surface area contributed by atoms with Crippen LogP contribution in [0.2, 0.25) is 0 Å². The first-order valence-electron chi connectivity index (χ1n) is 9.52. The zero-order chi connectivity index (χ0) is 21.4. The van der Waals surface area contributed by atoms with Crippen molar-refractivity contribution in [1.82, 2.24) is 10.0 Å². The summed E-state index contributed by atoms with van der Waals surface area (Å²) in [6.45, 7) is 1.75. The van der Waals surface area contributed by atoms with Gasteiger partial charge in [0, 0.05) is 12.1 Å². The monoisotopic (exact) mass is 424 g/mol. The molecule has 0 bridgehead atoms. The van der Waals surface area contributed by atoms with Crippen LogP contribution in [0.25, 0.3) is 6.08 Å². The maximum atomic E-state index is 12.1. The Balaban J connectivity index is 1.93. The molecule has 1 aliphatic carbocycles. The average molecular weight is 425 g/mol. The van der Waals surface area contributed by atoms with Crippen molar-refractivity contribution in [3.05, 3.63) is 29.8 Å². The SMILES string of the molecule is CNS(=O)(=O)c1cc(/C=C/C(=O)OCC(=O)N[C@@H]2CCCC[C@H]2C)ccc1OC. The smallest absolute Gasteiger partial charge is 0.331 e. The first-order chi connectivity index (χ1) is 13.8. The predicted octanol–water partition coefficient (Wildman–Crippen LogP) is 1.85. The van der Waals surface area contributed by atoms with E-state index in [0.717, 1.165) is 25.3 Å². The first kappa shape index (κ1) is 22.9. The lowest BCUT2D eigenvalue weighted by molar-refractivity contribution is -0.144. The van der Waals surface area contributed by atoms with Gasteiger partial charge in [0.1, 0.15) is 10.6 Å². The summed E-state index contributed by atoms with van der Waals surface area (Å²) in [6.07, 6.45) is 6.85. The van der Waals surface area contributed by atoms with E-state index >= 15 is 0 Å². The number of amides is 1. The van der Waals surface area contributed by atoms with Gasteiger partial charge in [-0.25, -0.2) is 17.9 Å². The van der Waals surface area contributed by atoms with E-state index in [1.54, 1.807) is 6.07 Å². The zero-order valence-corrected chi connectivity index (χ0v) is 17.8. The molecule has 1 aromatic rings. The molecule has 1 amide bonds. The van der Waals surface area contributed by atoms with Crippen LogP contribution < -0.4 is 14.8 Å². The van der Waals surface area contributed by atoms with E-state index in [1.165, 1.54) is 38.8 Å². The number of hydrogen-bond donors (Lipinski definition) is 2. The molecular weight excluding hydrogens is 396 g/mol. The van der Waals surface area contributed by atoms with Crippen LogP contribution in [-0.2, 0) is 24.3 Å². The van der Waals surface area contributed by atoms with Gasteiger partial charge in [0.2, 0.25) is 10.0 Å². The fourth-order valence-electron chi connectivity index (χ4n) is 3.25. The summed E-state index contributed by atoms with van der Waals surface area (Å²) in [6, 6.07) is 4.60. The van der Waals surface area contributed by atoms with E-state index in [4.69, 9.17) is 9.47 Å². The number of sulfonamides is 1. The molecule has 29 heavy (non-hydrogen) atoms. The molecule has 1 saturated carbocycles. The van der Waals surface area contributed by atoms with Gasteiger partial charge in [-0.1, -0.05) is 25.8 Å². The molecule has 0 spiro atoms. The van der Waals surface area contributed by atoms with Crippen molar-refractivity contribution >= 4 is 28.0 Å². The highest BCUT2D eigenvalue weighted by Crippen LogP contribution is 2.25. The summed E-state index contributed by atoms with van der Waals surface area (Å²) in [5.74, 6) is -0.405. The molecule has 0 unspecified atom stereocenters. The number of rotatable bonds is 8. The van der Waals surface area contributed by atoms with Gasteiger partial charge in [-0.3, -0.25) is 4.79 Å². The maximum Gasteiger partial charge on any atom is 0.331 e. The Kier molecular flexibility index (Phi) is 8.21. The van der Waals surface area contributed by atoms with Crippen LogP contribution in [0.15, 0.2) is 29.2 Å². The van der Waals surface area contributed by atoms with Gasteiger partial charge in [0.15, 0.2) is 6.61 Å². The van der Waals surface area contributed by atoms with Crippen LogP contribution in [0, 0.1) is 5.92 Å². The molecule has 2 atom stereocenters. The van der Waals surface area contributed by atoms with Crippen molar-refractivity contribution in [2.24, 2.45) is 5.92 Å². The molecule has 2 N–H and O–H groups in total. The van der Waals surface area contributed by atoms with Crippen molar-refractivity contribution in [3.63, 3.8) is 0 Å². The average Bonchev–Trinajstić information content (AvgIpc) is 2.72. The summed E-state index contributed by atoms with van der Waals surface area (Å²) >= 11 is 0. The lowest BCUT2D eigenvalue weighted by Gasteiger charge is -2.29. The number of methoxy groups -OCH3 is 1. The number of benzene rings is 1. The molecule has 2 rings (SSSR count). The molecule has 1 aromatic carbocycles. The Hall–Kier alpha value is -2.39. The van der Waals surface area contributed by atoms with Crippen molar-refractivity contribution < 1.29 is 27.5 Å². The van der Waals surface area contributed by atoms with Gasteiger partial charge >= 0.3 is 5.97 Å². The third kappa shape index (κ3) is 6.57. The first-order valence-corrected chi connectivity index (χ1v) is 11.0.